The Morgan fingerprint density at radius 1 is 1.75 bits per heavy atom. The number of hydrogen-bond donors (Lipinski definition) is 2. The zero-order valence-corrected chi connectivity index (χ0v) is 6.82. The topological polar surface area (TPSA) is 67.5 Å². The SMILES string of the molecule is CC(C(N)=O)C1=CNC=CC=N1. The minimum Gasteiger partial charge on any atom is -0.369 e. The molecule has 1 aliphatic heterocycles. The fourth-order valence-corrected chi connectivity index (χ4v) is 0.781. The quantitative estimate of drug-likeness (QED) is 0.611. The lowest BCUT2D eigenvalue weighted by molar-refractivity contribution is -0.120. The Hall–Kier alpha value is -1.58. The van der Waals surface area contributed by atoms with Crippen molar-refractivity contribution in [2.45, 2.75) is 6.92 Å². The monoisotopic (exact) mass is 165 g/mol. The Morgan fingerprint density at radius 3 is 3.17 bits per heavy atom. The third kappa shape index (κ3) is 1.95. The summed E-state index contributed by atoms with van der Waals surface area (Å²) in [7, 11) is 0. The molecule has 12 heavy (non-hydrogen) atoms. The average Bonchev–Trinajstić information content (AvgIpc) is 2.30. The van der Waals surface area contributed by atoms with Crippen LogP contribution >= 0.6 is 0 Å². The average molecular weight is 165 g/mol. The van der Waals surface area contributed by atoms with Gasteiger partial charge in [-0.3, -0.25) is 9.79 Å². The maximum Gasteiger partial charge on any atom is 0.226 e. The number of rotatable bonds is 2. The first-order valence-corrected chi connectivity index (χ1v) is 3.66. The lowest BCUT2D eigenvalue weighted by Crippen LogP contribution is -2.22. The van der Waals surface area contributed by atoms with Crippen LogP contribution in [0.5, 0.6) is 0 Å². The molecule has 64 valence electrons. The van der Waals surface area contributed by atoms with Crippen molar-refractivity contribution < 1.29 is 4.79 Å². The van der Waals surface area contributed by atoms with Crippen LogP contribution in [0.4, 0.5) is 0 Å². The van der Waals surface area contributed by atoms with Crippen LogP contribution in [0, 0.1) is 5.92 Å². The Labute approximate surface area is 70.9 Å². The van der Waals surface area contributed by atoms with Crippen molar-refractivity contribution in [2.75, 3.05) is 0 Å². The van der Waals surface area contributed by atoms with Crippen molar-refractivity contribution in [2.24, 2.45) is 16.6 Å². The summed E-state index contributed by atoms with van der Waals surface area (Å²) < 4.78 is 0. The van der Waals surface area contributed by atoms with Gasteiger partial charge in [0.1, 0.15) is 0 Å². The van der Waals surface area contributed by atoms with Gasteiger partial charge in [0, 0.05) is 18.6 Å². The maximum atomic E-state index is 10.8. The lowest BCUT2D eigenvalue weighted by atomic mass is 10.1. The number of carbonyl (C=O) groups excluding carboxylic acids is 1. The molecule has 0 bridgehead atoms. The highest BCUT2D eigenvalue weighted by molar-refractivity contribution is 5.81. The molecule has 0 saturated carbocycles. The van der Waals surface area contributed by atoms with Crippen LogP contribution in [0.25, 0.3) is 0 Å². The van der Waals surface area contributed by atoms with Gasteiger partial charge in [0.25, 0.3) is 0 Å². The molecule has 0 spiro atoms. The lowest BCUT2D eigenvalue weighted by Gasteiger charge is -2.05. The van der Waals surface area contributed by atoms with Crippen LogP contribution in [0.15, 0.2) is 29.2 Å². The van der Waals surface area contributed by atoms with Gasteiger partial charge in [-0.15, -0.1) is 0 Å². The van der Waals surface area contributed by atoms with Crippen LogP contribution in [-0.2, 0) is 4.79 Å². The molecule has 1 rings (SSSR count). The summed E-state index contributed by atoms with van der Waals surface area (Å²) in [5.74, 6) is -0.726. The summed E-state index contributed by atoms with van der Waals surface area (Å²) in [5.41, 5.74) is 5.76. The van der Waals surface area contributed by atoms with Crippen molar-refractivity contribution in [1.82, 2.24) is 5.32 Å². The number of allylic oxidation sites excluding steroid dienone is 1. The third-order valence-corrected chi connectivity index (χ3v) is 1.60. The van der Waals surface area contributed by atoms with Gasteiger partial charge in [-0.1, -0.05) is 0 Å². The molecule has 4 heteroatoms. The highest BCUT2D eigenvalue weighted by atomic mass is 16.1. The van der Waals surface area contributed by atoms with Crippen LogP contribution in [-0.4, -0.2) is 12.1 Å². The number of primary amides is 1. The molecule has 0 radical (unpaired) electrons. The highest BCUT2D eigenvalue weighted by Gasteiger charge is 2.13. The molecule has 0 aromatic rings. The first kappa shape index (κ1) is 8.52. The molecule has 0 aromatic heterocycles. The predicted molar refractivity (Wildman–Crippen MR) is 47.2 cm³/mol. The number of carbonyl (C=O) groups is 1. The second kappa shape index (κ2) is 3.71. The minimum atomic E-state index is -0.373. The van der Waals surface area contributed by atoms with Crippen LogP contribution in [0.2, 0.25) is 0 Å². The fourth-order valence-electron chi connectivity index (χ4n) is 0.781. The summed E-state index contributed by atoms with van der Waals surface area (Å²) in [6.07, 6.45) is 6.75. The van der Waals surface area contributed by atoms with E-state index in [2.05, 4.69) is 10.3 Å². The normalized spacial score (nSPS) is 17.6. The van der Waals surface area contributed by atoms with E-state index in [1.165, 1.54) is 0 Å². The standard InChI is InChI=1S/C8H11N3O/c1-6(8(9)12)7-5-10-3-2-4-11-7/h2-6,10H,1H3,(H2,9,12). The van der Waals surface area contributed by atoms with Gasteiger partial charge in [-0.25, -0.2) is 0 Å². The van der Waals surface area contributed by atoms with E-state index < -0.39 is 0 Å². The molecule has 0 aromatic carbocycles. The van der Waals surface area contributed by atoms with Crippen molar-refractivity contribution >= 4 is 12.1 Å². The molecule has 1 aliphatic rings. The number of nitrogens with one attached hydrogen (secondary N) is 1. The fraction of sp³-hybridized carbons (Fsp3) is 0.250. The molecule has 1 unspecified atom stereocenters. The number of aliphatic imine (C=N–C) groups is 1. The molecule has 0 saturated heterocycles. The number of nitrogens with two attached hydrogens (primary N) is 1. The van der Waals surface area contributed by atoms with Gasteiger partial charge >= 0.3 is 0 Å². The molecular formula is C8H11N3O. The molecule has 4 nitrogen and oxygen atoms in total. The predicted octanol–water partition coefficient (Wildman–Crippen LogP) is 0.137. The van der Waals surface area contributed by atoms with Gasteiger partial charge in [0.15, 0.2) is 0 Å². The smallest absolute Gasteiger partial charge is 0.226 e. The van der Waals surface area contributed by atoms with E-state index in [1.54, 1.807) is 31.6 Å². The first-order valence-electron chi connectivity index (χ1n) is 3.66. The van der Waals surface area contributed by atoms with E-state index in [9.17, 15) is 4.79 Å². The Bertz CT molecular complexity index is 265. The van der Waals surface area contributed by atoms with Crippen molar-refractivity contribution in [1.29, 1.82) is 0 Å². The zero-order valence-electron chi connectivity index (χ0n) is 6.82. The van der Waals surface area contributed by atoms with E-state index in [-0.39, 0.29) is 11.8 Å². The molecule has 1 heterocycles. The molecular weight excluding hydrogens is 154 g/mol. The molecule has 3 N–H and O–H groups in total. The maximum absolute atomic E-state index is 10.8. The molecule has 1 amide bonds. The molecule has 0 aliphatic carbocycles. The first-order chi connectivity index (χ1) is 5.72. The number of hydrogen-bond acceptors (Lipinski definition) is 3. The second-order valence-corrected chi connectivity index (χ2v) is 2.50. The van der Waals surface area contributed by atoms with E-state index in [4.69, 9.17) is 5.73 Å². The highest BCUT2D eigenvalue weighted by Crippen LogP contribution is 2.10. The zero-order chi connectivity index (χ0) is 8.97. The summed E-state index contributed by atoms with van der Waals surface area (Å²) in [4.78, 5) is 14.8. The van der Waals surface area contributed by atoms with Crippen molar-refractivity contribution in [3.8, 4) is 0 Å². The van der Waals surface area contributed by atoms with Gasteiger partial charge in [0.2, 0.25) is 5.91 Å². The van der Waals surface area contributed by atoms with Gasteiger partial charge in [0.05, 0.1) is 11.6 Å². The largest absolute Gasteiger partial charge is 0.369 e. The summed E-state index contributed by atoms with van der Waals surface area (Å²) in [6.45, 7) is 1.72. The molecule has 1 atom stereocenters. The van der Waals surface area contributed by atoms with E-state index >= 15 is 0 Å². The number of amides is 1. The Kier molecular flexibility index (Phi) is 2.63. The third-order valence-electron chi connectivity index (χ3n) is 1.60. The van der Waals surface area contributed by atoms with Crippen molar-refractivity contribution in [3.63, 3.8) is 0 Å². The summed E-state index contributed by atoms with van der Waals surface area (Å²) in [5, 5.41) is 2.86. The van der Waals surface area contributed by atoms with Crippen LogP contribution < -0.4 is 11.1 Å². The van der Waals surface area contributed by atoms with Gasteiger partial charge in [-0.05, 0) is 13.0 Å². The number of nitrogens with zero attached hydrogens (tertiary/aromatic N) is 1. The van der Waals surface area contributed by atoms with E-state index in [1.807, 2.05) is 0 Å². The Balaban J connectivity index is 2.75. The Morgan fingerprint density at radius 2 is 2.50 bits per heavy atom. The minimum absolute atomic E-state index is 0.353. The summed E-state index contributed by atoms with van der Waals surface area (Å²) in [6, 6.07) is 0. The molecule has 0 fully saturated rings. The van der Waals surface area contributed by atoms with Gasteiger partial charge in [-0.2, -0.15) is 0 Å². The summed E-state index contributed by atoms with van der Waals surface area (Å²) >= 11 is 0. The van der Waals surface area contributed by atoms with Gasteiger partial charge < -0.3 is 11.1 Å². The van der Waals surface area contributed by atoms with Crippen LogP contribution in [0.1, 0.15) is 6.92 Å². The van der Waals surface area contributed by atoms with Crippen molar-refractivity contribution in [3.05, 3.63) is 24.2 Å². The van der Waals surface area contributed by atoms with Crippen LogP contribution in [0.3, 0.4) is 0 Å². The second-order valence-electron chi connectivity index (χ2n) is 2.50. The van der Waals surface area contributed by atoms with E-state index in [0.717, 1.165) is 0 Å². The van der Waals surface area contributed by atoms with E-state index in [0.29, 0.717) is 5.70 Å².